The van der Waals surface area contributed by atoms with Gasteiger partial charge in [0.25, 0.3) is 0 Å². The van der Waals surface area contributed by atoms with Gasteiger partial charge in [-0.2, -0.15) is 4.31 Å². The molecule has 0 N–H and O–H groups in total. The molecule has 1 saturated heterocycles. The van der Waals surface area contributed by atoms with E-state index in [0.717, 1.165) is 12.8 Å². The summed E-state index contributed by atoms with van der Waals surface area (Å²) in [6.45, 7) is 5.49. The molecule has 0 aliphatic carbocycles. The zero-order chi connectivity index (χ0) is 15.6. The molecule has 0 aromatic heterocycles. The standard InChI is InChI=1S/C15H22ClNO3S/c1-11(2)12-6-8-17(9-7-12)21(18,19)15-10-13(16)4-5-14(15)20-3/h4-5,10-12H,6-9H2,1-3H3. The van der Waals surface area contributed by atoms with E-state index < -0.39 is 10.0 Å². The maximum absolute atomic E-state index is 12.8. The zero-order valence-corrected chi connectivity index (χ0v) is 14.2. The Balaban J connectivity index is 2.25. The lowest BCUT2D eigenvalue weighted by atomic mass is 9.87. The molecule has 1 aromatic rings. The van der Waals surface area contributed by atoms with Crippen molar-refractivity contribution in [2.75, 3.05) is 20.2 Å². The summed E-state index contributed by atoms with van der Waals surface area (Å²) >= 11 is 5.94. The van der Waals surface area contributed by atoms with Crippen LogP contribution >= 0.6 is 11.6 Å². The van der Waals surface area contributed by atoms with Crippen molar-refractivity contribution < 1.29 is 13.2 Å². The van der Waals surface area contributed by atoms with Crippen LogP contribution in [0.25, 0.3) is 0 Å². The number of nitrogens with zero attached hydrogens (tertiary/aromatic N) is 1. The molecule has 1 fully saturated rings. The summed E-state index contributed by atoms with van der Waals surface area (Å²) in [6, 6.07) is 4.69. The number of sulfonamides is 1. The van der Waals surface area contributed by atoms with E-state index in [0.29, 0.717) is 35.7 Å². The molecule has 0 spiro atoms. The Morgan fingerprint density at radius 2 is 1.90 bits per heavy atom. The van der Waals surface area contributed by atoms with Gasteiger partial charge in [-0.1, -0.05) is 25.4 Å². The third-order valence-electron chi connectivity index (χ3n) is 4.18. The fraction of sp³-hybridized carbons (Fsp3) is 0.600. The first kappa shape index (κ1) is 16.6. The zero-order valence-electron chi connectivity index (χ0n) is 12.7. The molecule has 6 heteroatoms. The van der Waals surface area contributed by atoms with Crippen molar-refractivity contribution in [1.29, 1.82) is 0 Å². The van der Waals surface area contributed by atoms with Crippen LogP contribution in [-0.4, -0.2) is 32.9 Å². The van der Waals surface area contributed by atoms with Gasteiger partial charge in [0.1, 0.15) is 10.6 Å². The Bertz CT molecular complexity index is 593. The van der Waals surface area contributed by atoms with E-state index in [1.54, 1.807) is 16.4 Å². The maximum Gasteiger partial charge on any atom is 0.246 e. The SMILES string of the molecule is COc1ccc(Cl)cc1S(=O)(=O)N1CCC(C(C)C)CC1. The highest BCUT2D eigenvalue weighted by molar-refractivity contribution is 7.89. The second-order valence-electron chi connectivity index (χ2n) is 5.78. The predicted molar refractivity (Wildman–Crippen MR) is 84.3 cm³/mol. The highest BCUT2D eigenvalue weighted by Crippen LogP contribution is 2.33. The molecule has 21 heavy (non-hydrogen) atoms. The number of halogens is 1. The van der Waals surface area contributed by atoms with Crippen LogP contribution in [0, 0.1) is 11.8 Å². The second kappa shape index (κ2) is 6.55. The lowest BCUT2D eigenvalue weighted by molar-refractivity contribution is 0.226. The molecule has 1 aliphatic heterocycles. The molecule has 0 saturated carbocycles. The molecular weight excluding hydrogens is 310 g/mol. The van der Waals surface area contributed by atoms with Crippen molar-refractivity contribution in [2.24, 2.45) is 11.8 Å². The highest BCUT2D eigenvalue weighted by Gasteiger charge is 2.32. The van der Waals surface area contributed by atoms with Crippen LogP contribution in [0.2, 0.25) is 5.02 Å². The van der Waals surface area contributed by atoms with Crippen LogP contribution in [-0.2, 0) is 10.0 Å². The van der Waals surface area contributed by atoms with Crippen LogP contribution in [0.1, 0.15) is 26.7 Å². The van der Waals surface area contributed by atoms with Crippen molar-refractivity contribution in [3.8, 4) is 5.75 Å². The van der Waals surface area contributed by atoms with Gasteiger partial charge in [-0.05, 0) is 42.9 Å². The minimum absolute atomic E-state index is 0.153. The number of methoxy groups -OCH3 is 1. The van der Waals surface area contributed by atoms with Gasteiger partial charge in [-0.15, -0.1) is 0 Å². The molecule has 1 aromatic carbocycles. The van der Waals surface area contributed by atoms with Gasteiger partial charge >= 0.3 is 0 Å². The summed E-state index contributed by atoms with van der Waals surface area (Å²) in [6.07, 6.45) is 1.81. The van der Waals surface area contributed by atoms with Crippen molar-refractivity contribution in [3.05, 3.63) is 23.2 Å². The summed E-state index contributed by atoms with van der Waals surface area (Å²) in [5, 5.41) is 0.395. The molecule has 1 aliphatic rings. The summed E-state index contributed by atoms with van der Waals surface area (Å²) in [5.41, 5.74) is 0. The fourth-order valence-electron chi connectivity index (χ4n) is 2.77. The van der Waals surface area contributed by atoms with E-state index in [1.165, 1.54) is 13.2 Å². The Morgan fingerprint density at radius 1 is 1.29 bits per heavy atom. The number of ether oxygens (including phenoxy) is 1. The van der Waals surface area contributed by atoms with Gasteiger partial charge < -0.3 is 4.74 Å². The highest BCUT2D eigenvalue weighted by atomic mass is 35.5. The summed E-state index contributed by atoms with van der Waals surface area (Å²) in [5.74, 6) is 1.53. The monoisotopic (exact) mass is 331 g/mol. The number of benzene rings is 1. The third kappa shape index (κ3) is 3.52. The van der Waals surface area contributed by atoms with E-state index in [4.69, 9.17) is 16.3 Å². The predicted octanol–water partition coefficient (Wildman–Crippen LogP) is 3.41. The van der Waals surface area contributed by atoms with E-state index in [9.17, 15) is 8.42 Å². The van der Waals surface area contributed by atoms with E-state index in [-0.39, 0.29) is 4.90 Å². The molecule has 4 nitrogen and oxygen atoms in total. The van der Waals surface area contributed by atoms with E-state index in [1.807, 2.05) is 0 Å². The van der Waals surface area contributed by atoms with Gasteiger partial charge in [0.15, 0.2) is 0 Å². The minimum atomic E-state index is -3.55. The molecule has 0 radical (unpaired) electrons. The van der Waals surface area contributed by atoms with Crippen LogP contribution in [0.4, 0.5) is 0 Å². The van der Waals surface area contributed by atoms with Gasteiger partial charge in [-0.25, -0.2) is 8.42 Å². The van der Waals surface area contributed by atoms with Gasteiger partial charge in [0.2, 0.25) is 10.0 Å². The van der Waals surface area contributed by atoms with Crippen LogP contribution < -0.4 is 4.74 Å². The Hall–Kier alpha value is -0.780. The van der Waals surface area contributed by atoms with Gasteiger partial charge in [0.05, 0.1) is 7.11 Å². The molecule has 1 heterocycles. The molecule has 2 rings (SSSR count). The van der Waals surface area contributed by atoms with E-state index >= 15 is 0 Å². The smallest absolute Gasteiger partial charge is 0.246 e. The number of piperidine rings is 1. The summed E-state index contributed by atoms with van der Waals surface area (Å²) in [4.78, 5) is 0.153. The molecule has 0 unspecified atom stereocenters. The van der Waals surface area contributed by atoms with Gasteiger partial charge in [0, 0.05) is 18.1 Å². The Labute approximate surface area is 132 Å². The first-order valence-corrected chi connectivity index (χ1v) is 9.01. The third-order valence-corrected chi connectivity index (χ3v) is 6.34. The Morgan fingerprint density at radius 3 is 2.43 bits per heavy atom. The van der Waals surface area contributed by atoms with Crippen molar-refractivity contribution in [3.63, 3.8) is 0 Å². The number of hydrogen-bond donors (Lipinski definition) is 0. The summed E-state index contributed by atoms with van der Waals surface area (Å²) < 4.78 is 32.3. The van der Waals surface area contributed by atoms with Crippen molar-refractivity contribution in [2.45, 2.75) is 31.6 Å². The quantitative estimate of drug-likeness (QED) is 0.849. The lowest BCUT2D eigenvalue weighted by Gasteiger charge is -2.33. The lowest BCUT2D eigenvalue weighted by Crippen LogP contribution is -2.39. The maximum atomic E-state index is 12.8. The van der Waals surface area contributed by atoms with Crippen molar-refractivity contribution in [1.82, 2.24) is 4.31 Å². The molecule has 0 atom stereocenters. The van der Waals surface area contributed by atoms with Crippen molar-refractivity contribution >= 4 is 21.6 Å². The second-order valence-corrected chi connectivity index (χ2v) is 8.12. The first-order valence-electron chi connectivity index (χ1n) is 7.20. The van der Waals surface area contributed by atoms with Crippen LogP contribution in [0.15, 0.2) is 23.1 Å². The van der Waals surface area contributed by atoms with Crippen LogP contribution in [0.5, 0.6) is 5.75 Å². The summed E-state index contributed by atoms with van der Waals surface area (Å²) in [7, 11) is -2.09. The number of hydrogen-bond acceptors (Lipinski definition) is 3. The Kier molecular flexibility index (Phi) is 5.17. The molecule has 0 bridgehead atoms. The topological polar surface area (TPSA) is 46.6 Å². The molecular formula is C15H22ClNO3S. The fourth-order valence-corrected chi connectivity index (χ4v) is 4.66. The minimum Gasteiger partial charge on any atom is -0.495 e. The largest absolute Gasteiger partial charge is 0.495 e. The van der Waals surface area contributed by atoms with E-state index in [2.05, 4.69) is 13.8 Å². The molecule has 118 valence electrons. The number of rotatable bonds is 4. The molecule has 0 amide bonds. The normalized spacial score (nSPS) is 18.1. The van der Waals surface area contributed by atoms with Crippen LogP contribution in [0.3, 0.4) is 0 Å². The average molecular weight is 332 g/mol. The first-order chi connectivity index (χ1) is 9.86. The average Bonchev–Trinajstić information content (AvgIpc) is 2.47. The van der Waals surface area contributed by atoms with Gasteiger partial charge in [-0.3, -0.25) is 0 Å².